The molecule has 0 fully saturated rings. The summed E-state index contributed by atoms with van der Waals surface area (Å²) in [5.41, 5.74) is 6.05. The number of aryl methyl sites for hydroxylation is 2. The number of nitrogens with zero attached hydrogens (tertiary/aromatic N) is 1. The van der Waals surface area contributed by atoms with Crippen molar-refractivity contribution in [2.45, 2.75) is 25.8 Å². The highest BCUT2D eigenvalue weighted by molar-refractivity contribution is 5.26. The van der Waals surface area contributed by atoms with Gasteiger partial charge in [0.25, 0.3) is 0 Å². The first-order valence-corrected chi connectivity index (χ1v) is 6.32. The molecule has 0 radical (unpaired) electrons. The van der Waals surface area contributed by atoms with Gasteiger partial charge in [-0.15, -0.1) is 0 Å². The molecule has 4 heteroatoms. The van der Waals surface area contributed by atoms with Crippen LogP contribution in [-0.4, -0.2) is 4.98 Å². The highest BCUT2D eigenvalue weighted by Crippen LogP contribution is 2.19. The third kappa shape index (κ3) is 3.59. The van der Waals surface area contributed by atoms with Gasteiger partial charge in [-0.2, -0.15) is 0 Å². The largest absolute Gasteiger partial charge is 0.271 e. The van der Waals surface area contributed by atoms with Crippen LogP contribution in [0.5, 0.6) is 0 Å². The molecule has 1 unspecified atom stereocenters. The van der Waals surface area contributed by atoms with Gasteiger partial charge in [-0.25, -0.2) is 4.39 Å². The number of rotatable bonds is 5. The van der Waals surface area contributed by atoms with Crippen molar-refractivity contribution in [2.75, 3.05) is 0 Å². The molecule has 2 rings (SSSR count). The molecule has 1 atom stereocenters. The Kier molecular flexibility index (Phi) is 4.60. The van der Waals surface area contributed by atoms with Crippen molar-refractivity contribution in [1.29, 1.82) is 0 Å². The number of pyridine rings is 1. The second-order valence-corrected chi connectivity index (χ2v) is 4.62. The SMILES string of the molecule is Cc1ccccc1CCC(NN)c1cncc(F)c1. The summed E-state index contributed by atoms with van der Waals surface area (Å²) < 4.78 is 13.2. The Hall–Kier alpha value is -1.78. The number of hydrogen-bond donors (Lipinski definition) is 2. The Balaban J connectivity index is 2.06. The molecule has 0 saturated heterocycles. The smallest absolute Gasteiger partial charge is 0.141 e. The summed E-state index contributed by atoms with van der Waals surface area (Å²) >= 11 is 0. The van der Waals surface area contributed by atoms with Crippen molar-refractivity contribution in [3.63, 3.8) is 0 Å². The van der Waals surface area contributed by atoms with Crippen molar-refractivity contribution in [2.24, 2.45) is 5.84 Å². The maximum atomic E-state index is 13.2. The van der Waals surface area contributed by atoms with Crippen LogP contribution in [-0.2, 0) is 6.42 Å². The van der Waals surface area contributed by atoms with E-state index in [0.29, 0.717) is 0 Å². The van der Waals surface area contributed by atoms with Gasteiger partial charge in [-0.3, -0.25) is 16.3 Å². The first-order valence-electron chi connectivity index (χ1n) is 6.32. The average molecular weight is 259 g/mol. The maximum Gasteiger partial charge on any atom is 0.141 e. The summed E-state index contributed by atoms with van der Waals surface area (Å²) in [7, 11) is 0. The van der Waals surface area contributed by atoms with E-state index in [1.165, 1.54) is 23.4 Å². The molecular formula is C15H18FN3. The van der Waals surface area contributed by atoms with E-state index in [9.17, 15) is 4.39 Å². The van der Waals surface area contributed by atoms with Gasteiger partial charge in [0.2, 0.25) is 0 Å². The van der Waals surface area contributed by atoms with Crippen LogP contribution in [0.25, 0.3) is 0 Å². The van der Waals surface area contributed by atoms with E-state index >= 15 is 0 Å². The Morgan fingerprint density at radius 3 is 2.79 bits per heavy atom. The molecule has 0 saturated carbocycles. The minimum Gasteiger partial charge on any atom is -0.271 e. The molecule has 1 aromatic carbocycles. The Morgan fingerprint density at radius 2 is 2.11 bits per heavy atom. The van der Waals surface area contributed by atoms with Gasteiger partial charge >= 0.3 is 0 Å². The van der Waals surface area contributed by atoms with Crippen molar-refractivity contribution < 1.29 is 4.39 Å². The monoisotopic (exact) mass is 259 g/mol. The number of aromatic nitrogens is 1. The summed E-state index contributed by atoms with van der Waals surface area (Å²) in [5.74, 6) is 5.22. The molecule has 2 aromatic rings. The average Bonchev–Trinajstić information content (AvgIpc) is 2.41. The van der Waals surface area contributed by atoms with Crippen LogP contribution in [0, 0.1) is 12.7 Å². The van der Waals surface area contributed by atoms with Gasteiger partial charge in [-0.05, 0) is 42.5 Å². The lowest BCUT2D eigenvalue weighted by molar-refractivity contribution is 0.509. The summed E-state index contributed by atoms with van der Waals surface area (Å²) in [4.78, 5) is 3.86. The standard InChI is InChI=1S/C15H18FN3/c1-11-4-2-3-5-12(11)6-7-15(19-17)13-8-14(16)10-18-9-13/h2-5,8-10,15,19H,6-7,17H2,1H3. The summed E-state index contributed by atoms with van der Waals surface area (Å²) in [6.07, 6.45) is 4.52. The van der Waals surface area contributed by atoms with E-state index in [2.05, 4.69) is 29.5 Å². The Labute approximate surface area is 112 Å². The molecule has 19 heavy (non-hydrogen) atoms. The first-order chi connectivity index (χ1) is 9.20. The molecular weight excluding hydrogens is 241 g/mol. The van der Waals surface area contributed by atoms with E-state index in [1.807, 2.05) is 12.1 Å². The van der Waals surface area contributed by atoms with Gasteiger partial charge in [0, 0.05) is 12.2 Å². The van der Waals surface area contributed by atoms with E-state index in [1.54, 1.807) is 6.20 Å². The molecule has 0 aliphatic heterocycles. The zero-order valence-electron chi connectivity index (χ0n) is 10.9. The minimum absolute atomic E-state index is 0.0946. The molecule has 100 valence electrons. The maximum absolute atomic E-state index is 13.2. The van der Waals surface area contributed by atoms with Crippen molar-refractivity contribution in [1.82, 2.24) is 10.4 Å². The highest BCUT2D eigenvalue weighted by atomic mass is 19.1. The predicted octanol–water partition coefficient (Wildman–Crippen LogP) is 2.67. The lowest BCUT2D eigenvalue weighted by Crippen LogP contribution is -2.28. The highest BCUT2D eigenvalue weighted by Gasteiger charge is 2.11. The van der Waals surface area contributed by atoms with Crippen LogP contribution in [0.15, 0.2) is 42.7 Å². The summed E-state index contributed by atoms with van der Waals surface area (Å²) in [6.45, 7) is 2.09. The van der Waals surface area contributed by atoms with E-state index in [0.717, 1.165) is 18.4 Å². The molecule has 1 heterocycles. The fraction of sp³-hybridized carbons (Fsp3) is 0.267. The van der Waals surface area contributed by atoms with Gasteiger partial charge in [0.1, 0.15) is 5.82 Å². The van der Waals surface area contributed by atoms with E-state index in [4.69, 9.17) is 5.84 Å². The number of halogens is 1. The second-order valence-electron chi connectivity index (χ2n) is 4.62. The lowest BCUT2D eigenvalue weighted by Gasteiger charge is -2.16. The van der Waals surface area contributed by atoms with Crippen LogP contribution in [0.2, 0.25) is 0 Å². The number of nitrogens with one attached hydrogen (secondary N) is 1. The fourth-order valence-corrected chi connectivity index (χ4v) is 2.16. The van der Waals surface area contributed by atoms with Crippen molar-refractivity contribution >= 4 is 0 Å². The Bertz CT molecular complexity index is 542. The molecule has 0 spiro atoms. The number of nitrogens with two attached hydrogens (primary N) is 1. The van der Waals surface area contributed by atoms with Crippen molar-refractivity contribution in [3.8, 4) is 0 Å². The molecule has 0 bridgehead atoms. The molecule has 3 nitrogen and oxygen atoms in total. The van der Waals surface area contributed by atoms with Crippen LogP contribution < -0.4 is 11.3 Å². The second kappa shape index (κ2) is 6.41. The minimum atomic E-state index is -0.339. The van der Waals surface area contributed by atoms with Crippen LogP contribution in [0.4, 0.5) is 4.39 Å². The van der Waals surface area contributed by atoms with Crippen LogP contribution in [0.1, 0.15) is 29.2 Å². The van der Waals surface area contributed by atoms with Gasteiger partial charge in [0.05, 0.1) is 6.20 Å². The first kappa shape index (κ1) is 13.6. The summed E-state index contributed by atoms with van der Waals surface area (Å²) in [6, 6.07) is 9.61. The molecule has 1 aromatic heterocycles. The van der Waals surface area contributed by atoms with E-state index < -0.39 is 0 Å². The quantitative estimate of drug-likeness (QED) is 0.641. The predicted molar refractivity (Wildman–Crippen MR) is 73.8 cm³/mol. The fourth-order valence-electron chi connectivity index (χ4n) is 2.16. The third-order valence-electron chi connectivity index (χ3n) is 3.29. The zero-order chi connectivity index (χ0) is 13.7. The molecule has 0 aliphatic carbocycles. The molecule has 3 N–H and O–H groups in total. The normalized spacial score (nSPS) is 12.4. The van der Waals surface area contributed by atoms with Crippen molar-refractivity contribution in [3.05, 3.63) is 65.2 Å². The van der Waals surface area contributed by atoms with Crippen LogP contribution in [0.3, 0.4) is 0 Å². The number of benzene rings is 1. The molecule has 0 amide bonds. The van der Waals surface area contributed by atoms with Gasteiger partial charge in [-0.1, -0.05) is 24.3 Å². The number of hydrogen-bond acceptors (Lipinski definition) is 3. The zero-order valence-corrected chi connectivity index (χ0v) is 10.9. The molecule has 0 aliphatic rings. The van der Waals surface area contributed by atoms with Crippen LogP contribution >= 0.6 is 0 Å². The third-order valence-corrected chi connectivity index (χ3v) is 3.29. The number of hydrazine groups is 1. The topological polar surface area (TPSA) is 50.9 Å². The van der Waals surface area contributed by atoms with Gasteiger partial charge in [0.15, 0.2) is 0 Å². The summed E-state index contributed by atoms with van der Waals surface area (Å²) in [5, 5.41) is 0. The van der Waals surface area contributed by atoms with E-state index in [-0.39, 0.29) is 11.9 Å². The Morgan fingerprint density at radius 1 is 1.32 bits per heavy atom. The lowest BCUT2D eigenvalue weighted by atomic mass is 9.98. The van der Waals surface area contributed by atoms with Gasteiger partial charge < -0.3 is 0 Å².